The van der Waals surface area contributed by atoms with Crippen molar-refractivity contribution >= 4 is 16.9 Å². The van der Waals surface area contributed by atoms with Crippen molar-refractivity contribution in [3.8, 4) is 0 Å². The summed E-state index contributed by atoms with van der Waals surface area (Å²) in [5.74, 6) is 0.529. The predicted octanol–water partition coefficient (Wildman–Crippen LogP) is 2.41. The van der Waals surface area contributed by atoms with E-state index in [4.69, 9.17) is 0 Å². The van der Waals surface area contributed by atoms with Crippen molar-refractivity contribution in [3.05, 3.63) is 54.2 Å². The molecule has 0 bridgehead atoms. The van der Waals surface area contributed by atoms with Gasteiger partial charge in [0.15, 0.2) is 0 Å². The Hall–Kier alpha value is -2.47. The molecule has 1 aromatic carbocycles. The van der Waals surface area contributed by atoms with Crippen LogP contribution in [0.3, 0.4) is 0 Å². The highest BCUT2D eigenvalue weighted by atomic mass is 19.1. The van der Waals surface area contributed by atoms with Crippen LogP contribution in [0.5, 0.6) is 0 Å². The van der Waals surface area contributed by atoms with Gasteiger partial charge in [0.1, 0.15) is 23.6 Å². The number of anilines is 1. The average Bonchev–Trinajstić information content (AvgIpc) is 3.14. The molecule has 0 radical (unpaired) electrons. The third kappa shape index (κ3) is 2.12. The molecule has 1 saturated heterocycles. The van der Waals surface area contributed by atoms with E-state index >= 15 is 0 Å². The van der Waals surface area contributed by atoms with Gasteiger partial charge in [-0.3, -0.25) is 0 Å². The molecule has 6 heteroatoms. The maximum Gasteiger partial charge on any atom is 0.142 e. The molecule has 1 aliphatic rings. The standard InChI is InChI=1S/C16H15FN4O/c17-11-3-1-10(2-4-11)14-7-12(22)8-21(14)16-13-5-6-18-15(13)19-9-20-16/h1-6,9,12,14,22H,7-8H2,(H,18,19,20)/t12-,14+/m0/s1. The molecule has 4 rings (SSSR count). The number of halogens is 1. The second-order valence-electron chi connectivity index (χ2n) is 5.55. The first-order chi connectivity index (χ1) is 10.7. The van der Waals surface area contributed by atoms with Crippen LogP contribution in [0.2, 0.25) is 0 Å². The molecule has 1 aliphatic heterocycles. The van der Waals surface area contributed by atoms with Gasteiger partial charge in [0.25, 0.3) is 0 Å². The second-order valence-corrected chi connectivity index (χ2v) is 5.55. The van der Waals surface area contributed by atoms with Crippen LogP contribution in [0.4, 0.5) is 10.2 Å². The van der Waals surface area contributed by atoms with E-state index < -0.39 is 6.10 Å². The summed E-state index contributed by atoms with van der Waals surface area (Å²) >= 11 is 0. The molecule has 0 unspecified atom stereocenters. The lowest BCUT2D eigenvalue weighted by atomic mass is 10.0. The Labute approximate surface area is 126 Å². The summed E-state index contributed by atoms with van der Waals surface area (Å²) in [5, 5.41) is 11.0. The van der Waals surface area contributed by atoms with Crippen molar-refractivity contribution in [3.63, 3.8) is 0 Å². The van der Waals surface area contributed by atoms with Gasteiger partial charge < -0.3 is 15.0 Å². The van der Waals surface area contributed by atoms with Crippen LogP contribution in [-0.2, 0) is 0 Å². The van der Waals surface area contributed by atoms with Crippen molar-refractivity contribution in [1.82, 2.24) is 15.0 Å². The zero-order valence-corrected chi connectivity index (χ0v) is 11.8. The zero-order chi connectivity index (χ0) is 15.1. The maximum absolute atomic E-state index is 13.1. The Morgan fingerprint density at radius 3 is 2.82 bits per heavy atom. The van der Waals surface area contributed by atoms with Crippen molar-refractivity contribution in [2.45, 2.75) is 18.6 Å². The number of aliphatic hydroxyl groups is 1. The summed E-state index contributed by atoms with van der Waals surface area (Å²) in [6, 6.07) is 8.33. The predicted molar refractivity (Wildman–Crippen MR) is 81.0 cm³/mol. The maximum atomic E-state index is 13.1. The highest BCUT2D eigenvalue weighted by molar-refractivity contribution is 5.87. The third-order valence-corrected chi connectivity index (χ3v) is 4.14. The van der Waals surface area contributed by atoms with E-state index in [-0.39, 0.29) is 11.9 Å². The van der Waals surface area contributed by atoms with Crippen LogP contribution >= 0.6 is 0 Å². The van der Waals surface area contributed by atoms with E-state index in [1.54, 1.807) is 12.1 Å². The number of aliphatic hydroxyl groups excluding tert-OH is 1. The summed E-state index contributed by atoms with van der Waals surface area (Å²) < 4.78 is 13.1. The summed E-state index contributed by atoms with van der Waals surface area (Å²) in [6.07, 6.45) is 3.50. The molecule has 112 valence electrons. The molecule has 2 aromatic heterocycles. The second kappa shape index (κ2) is 5.06. The molecule has 0 amide bonds. The molecule has 5 nitrogen and oxygen atoms in total. The van der Waals surface area contributed by atoms with Gasteiger partial charge in [0.05, 0.1) is 17.5 Å². The van der Waals surface area contributed by atoms with Gasteiger partial charge in [0, 0.05) is 12.7 Å². The van der Waals surface area contributed by atoms with E-state index in [1.807, 2.05) is 12.3 Å². The Morgan fingerprint density at radius 1 is 1.18 bits per heavy atom. The van der Waals surface area contributed by atoms with Gasteiger partial charge in [-0.25, -0.2) is 14.4 Å². The number of rotatable bonds is 2. The van der Waals surface area contributed by atoms with Gasteiger partial charge in [-0.2, -0.15) is 0 Å². The number of nitrogens with one attached hydrogen (secondary N) is 1. The van der Waals surface area contributed by atoms with Crippen LogP contribution in [0, 0.1) is 5.82 Å². The first kappa shape index (κ1) is 13.2. The van der Waals surface area contributed by atoms with E-state index in [0.717, 1.165) is 22.4 Å². The molecule has 0 saturated carbocycles. The minimum atomic E-state index is -0.431. The molecular formula is C16H15FN4O. The summed E-state index contributed by atoms with van der Waals surface area (Å²) in [6.45, 7) is 0.499. The Kier molecular flexibility index (Phi) is 3.04. The fourth-order valence-electron chi connectivity index (χ4n) is 3.14. The minimum absolute atomic E-state index is 0.0244. The molecule has 3 aromatic rings. The first-order valence-corrected chi connectivity index (χ1v) is 7.20. The monoisotopic (exact) mass is 298 g/mol. The van der Waals surface area contributed by atoms with Gasteiger partial charge >= 0.3 is 0 Å². The lowest BCUT2D eigenvalue weighted by molar-refractivity contribution is 0.194. The number of fused-ring (bicyclic) bond motifs is 1. The lowest BCUT2D eigenvalue weighted by Crippen LogP contribution is -2.25. The molecule has 0 spiro atoms. The fourth-order valence-corrected chi connectivity index (χ4v) is 3.14. The number of nitrogens with zero attached hydrogens (tertiary/aromatic N) is 3. The van der Waals surface area contributed by atoms with Crippen molar-refractivity contribution in [2.75, 3.05) is 11.4 Å². The normalized spacial score (nSPS) is 21.6. The van der Waals surface area contributed by atoms with E-state index in [1.165, 1.54) is 18.5 Å². The highest BCUT2D eigenvalue weighted by Gasteiger charge is 2.34. The van der Waals surface area contributed by atoms with Crippen molar-refractivity contribution in [1.29, 1.82) is 0 Å². The van der Waals surface area contributed by atoms with Crippen LogP contribution in [0.15, 0.2) is 42.9 Å². The van der Waals surface area contributed by atoms with Gasteiger partial charge in [0.2, 0.25) is 0 Å². The Bertz CT molecular complexity index is 801. The first-order valence-electron chi connectivity index (χ1n) is 7.20. The van der Waals surface area contributed by atoms with E-state index in [2.05, 4.69) is 19.9 Å². The third-order valence-electron chi connectivity index (χ3n) is 4.14. The number of hydrogen-bond acceptors (Lipinski definition) is 4. The van der Waals surface area contributed by atoms with E-state index in [0.29, 0.717) is 13.0 Å². The number of aromatic amines is 1. The molecule has 1 fully saturated rings. The summed E-state index contributed by atoms with van der Waals surface area (Å²) in [5.41, 5.74) is 1.74. The van der Waals surface area contributed by atoms with Crippen LogP contribution in [-0.4, -0.2) is 32.7 Å². The Balaban J connectivity index is 1.78. The van der Waals surface area contributed by atoms with Gasteiger partial charge in [-0.05, 0) is 30.2 Å². The number of benzene rings is 1. The summed E-state index contributed by atoms with van der Waals surface area (Å²) in [7, 11) is 0. The van der Waals surface area contributed by atoms with Gasteiger partial charge in [-0.15, -0.1) is 0 Å². The number of aromatic nitrogens is 3. The number of hydrogen-bond donors (Lipinski definition) is 2. The molecular weight excluding hydrogens is 283 g/mol. The number of H-pyrrole nitrogens is 1. The minimum Gasteiger partial charge on any atom is -0.391 e. The number of β-amino-alcohol motifs (C(OH)–C–C–N with tert-alkyl or cyclic N) is 1. The van der Waals surface area contributed by atoms with Crippen LogP contribution in [0.25, 0.3) is 11.0 Å². The van der Waals surface area contributed by atoms with Gasteiger partial charge in [-0.1, -0.05) is 12.1 Å². The summed E-state index contributed by atoms with van der Waals surface area (Å²) in [4.78, 5) is 13.7. The molecule has 2 N–H and O–H groups in total. The lowest BCUT2D eigenvalue weighted by Gasteiger charge is -2.26. The molecule has 22 heavy (non-hydrogen) atoms. The van der Waals surface area contributed by atoms with E-state index in [9.17, 15) is 9.50 Å². The SMILES string of the molecule is O[C@H]1C[C@H](c2ccc(F)cc2)N(c2ncnc3[nH]ccc23)C1. The van der Waals surface area contributed by atoms with Crippen LogP contribution < -0.4 is 4.90 Å². The quantitative estimate of drug-likeness (QED) is 0.762. The smallest absolute Gasteiger partial charge is 0.142 e. The Morgan fingerprint density at radius 2 is 2.00 bits per heavy atom. The van der Waals surface area contributed by atoms with Crippen molar-refractivity contribution in [2.24, 2.45) is 0 Å². The molecule has 3 heterocycles. The van der Waals surface area contributed by atoms with Crippen molar-refractivity contribution < 1.29 is 9.50 Å². The molecule has 2 atom stereocenters. The molecule has 0 aliphatic carbocycles. The average molecular weight is 298 g/mol. The highest BCUT2D eigenvalue weighted by Crippen LogP contribution is 2.37. The zero-order valence-electron chi connectivity index (χ0n) is 11.8. The largest absolute Gasteiger partial charge is 0.391 e. The topological polar surface area (TPSA) is 65.0 Å². The fraction of sp³-hybridized carbons (Fsp3) is 0.250. The van der Waals surface area contributed by atoms with Crippen LogP contribution in [0.1, 0.15) is 18.0 Å².